The minimum atomic E-state index is -0.992. The Bertz CT molecular complexity index is 316. The van der Waals surface area contributed by atoms with Crippen molar-refractivity contribution in [3.05, 3.63) is 0 Å². The van der Waals surface area contributed by atoms with E-state index in [9.17, 15) is 9.59 Å². The Kier molecular flexibility index (Phi) is 2.48. The van der Waals surface area contributed by atoms with Gasteiger partial charge >= 0.3 is 11.9 Å². The number of hydrogen-bond donors (Lipinski definition) is 0. The minimum Gasteiger partial charge on any atom is -0.422 e. The summed E-state index contributed by atoms with van der Waals surface area (Å²) in [5.74, 6) is -1.52. The van der Waals surface area contributed by atoms with Crippen molar-refractivity contribution < 1.29 is 19.1 Å². The average Bonchev–Trinajstić information content (AvgIpc) is 1.93. The number of rotatable bonds is 0. The van der Waals surface area contributed by atoms with Gasteiger partial charge in [-0.25, -0.2) is 0 Å². The molecule has 2 fully saturated rings. The second-order valence-corrected chi connectivity index (χ2v) is 5.89. The van der Waals surface area contributed by atoms with Gasteiger partial charge in [0, 0.05) is 12.8 Å². The summed E-state index contributed by atoms with van der Waals surface area (Å²) in [6, 6.07) is 0. The van der Waals surface area contributed by atoms with E-state index in [0.717, 1.165) is 6.42 Å². The zero-order valence-electron chi connectivity index (χ0n) is 10.0. The molecule has 16 heavy (non-hydrogen) atoms. The van der Waals surface area contributed by atoms with Crippen LogP contribution in [0, 0.1) is 11.3 Å². The van der Waals surface area contributed by atoms with Crippen LogP contribution in [0.25, 0.3) is 0 Å². The molecule has 0 radical (unpaired) electrons. The summed E-state index contributed by atoms with van der Waals surface area (Å²) >= 11 is 0. The molecule has 1 spiro atoms. The lowest BCUT2D eigenvalue weighted by molar-refractivity contribution is -0.267. The normalized spacial score (nSPS) is 32.1. The fourth-order valence-electron chi connectivity index (χ4n) is 3.20. The van der Waals surface area contributed by atoms with Crippen molar-refractivity contribution in [1.29, 1.82) is 0 Å². The first kappa shape index (κ1) is 11.4. The topological polar surface area (TPSA) is 52.6 Å². The molecule has 0 bridgehead atoms. The van der Waals surface area contributed by atoms with Crippen molar-refractivity contribution in [3.8, 4) is 0 Å². The lowest BCUT2D eigenvalue weighted by Crippen LogP contribution is -2.51. The third-order valence-electron chi connectivity index (χ3n) is 3.20. The van der Waals surface area contributed by atoms with Crippen molar-refractivity contribution in [3.63, 3.8) is 0 Å². The van der Waals surface area contributed by atoms with Crippen LogP contribution in [-0.4, -0.2) is 17.7 Å². The standard InChI is InChI=1S/C12H18O4/c1-8-5-11(2,3)7-12(6-8)15-9(13)4-10(14)16-12/h8H,4-7H2,1-3H3/t8-/m0/s1. The van der Waals surface area contributed by atoms with E-state index < -0.39 is 17.7 Å². The SMILES string of the molecule is C[C@H]1CC(C)(C)CC2(C1)OC(=O)CC(=O)O2. The van der Waals surface area contributed by atoms with Crippen LogP contribution in [0.4, 0.5) is 0 Å². The fraction of sp³-hybridized carbons (Fsp3) is 0.833. The van der Waals surface area contributed by atoms with Crippen LogP contribution in [0.3, 0.4) is 0 Å². The molecule has 2 rings (SSSR count). The highest BCUT2D eigenvalue weighted by molar-refractivity contribution is 5.93. The van der Waals surface area contributed by atoms with Crippen molar-refractivity contribution in [2.75, 3.05) is 0 Å². The van der Waals surface area contributed by atoms with Gasteiger partial charge in [-0.1, -0.05) is 20.8 Å². The van der Waals surface area contributed by atoms with Gasteiger partial charge in [-0.3, -0.25) is 9.59 Å². The van der Waals surface area contributed by atoms with Crippen LogP contribution in [-0.2, 0) is 19.1 Å². The first-order chi connectivity index (χ1) is 7.30. The molecule has 1 saturated heterocycles. The Morgan fingerprint density at radius 3 is 2.19 bits per heavy atom. The third-order valence-corrected chi connectivity index (χ3v) is 3.20. The summed E-state index contributed by atoms with van der Waals surface area (Å²) in [7, 11) is 0. The zero-order valence-corrected chi connectivity index (χ0v) is 10.0. The minimum absolute atomic E-state index is 0.0373. The number of carbonyl (C=O) groups excluding carboxylic acids is 2. The van der Waals surface area contributed by atoms with Crippen LogP contribution in [0.5, 0.6) is 0 Å². The predicted octanol–water partition coefficient (Wildman–Crippen LogP) is 2.02. The number of ether oxygens (including phenoxy) is 2. The zero-order chi connectivity index (χ0) is 12.0. The molecule has 0 aromatic carbocycles. The summed E-state index contributed by atoms with van der Waals surface area (Å²) in [4.78, 5) is 22.7. The van der Waals surface area contributed by atoms with Crippen LogP contribution in [0.2, 0.25) is 0 Å². The molecule has 0 aromatic heterocycles. The van der Waals surface area contributed by atoms with Gasteiger partial charge < -0.3 is 9.47 Å². The summed E-state index contributed by atoms with van der Waals surface area (Å²) in [6.45, 7) is 6.32. The molecule has 1 atom stereocenters. The van der Waals surface area contributed by atoms with Gasteiger partial charge in [0.1, 0.15) is 6.42 Å². The molecule has 1 aliphatic heterocycles. The first-order valence-electron chi connectivity index (χ1n) is 5.74. The van der Waals surface area contributed by atoms with Gasteiger partial charge in [0.15, 0.2) is 0 Å². The Balaban J connectivity index is 2.23. The Labute approximate surface area is 95.3 Å². The van der Waals surface area contributed by atoms with E-state index >= 15 is 0 Å². The van der Waals surface area contributed by atoms with E-state index in [1.807, 2.05) is 0 Å². The predicted molar refractivity (Wildman–Crippen MR) is 56.3 cm³/mol. The van der Waals surface area contributed by atoms with Crippen LogP contribution < -0.4 is 0 Å². The highest BCUT2D eigenvalue weighted by Crippen LogP contribution is 2.47. The molecular weight excluding hydrogens is 208 g/mol. The molecule has 4 nitrogen and oxygen atoms in total. The summed E-state index contributed by atoms with van der Waals surface area (Å²) < 4.78 is 10.6. The maximum Gasteiger partial charge on any atom is 0.320 e. The molecule has 1 heterocycles. The smallest absolute Gasteiger partial charge is 0.320 e. The van der Waals surface area contributed by atoms with E-state index in [1.165, 1.54) is 0 Å². The molecule has 0 amide bonds. The van der Waals surface area contributed by atoms with E-state index in [0.29, 0.717) is 18.8 Å². The quantitative estimate of drug-likeness (QED) is 0.468. The third kappa shape index (κ3) is 2.20. The van der Waals surface area contributed by atoms with E-state index in [-0.39, 0.29) is 11.8 Å². The van der Waals surface area contributed by atoms with Gasteiger partial charge in [-0.05, 0) is 17.8 Å². The van der Waals surface area contributed by atoms with Gasteiger partial charge in [-0.15, -0.1) is 0 Å². The molecule has 2 aliphatic rings. The average molecular weight is 226 g/mol. The highest BCUT2D eigenvalue weighted by atomic mass is 16.7. The van der Waals surface area contributed by atoms with Gasteiger partial charge in [0.25, 0.3) is 5.79 Å². The molecule has 0 aromatic rings. The largest absolute Gasteiger partial charge is 0.422 e. The first-order valence-corrected chi connectivity index (χ1v) is 5.74. The second-order valence-electron chi connectivity index (χ2n) is 5.89. The maximum atomic E-state index is 11.3. The molecule has 4 heteroatoms. The maximum absolute atomic E-state index is 11.3. The fourth-order valence-corrected chi connectivity index (χ4v) is 3.20. The summed E-state index contributed by atoms with van der Waals surface area (Å²) in [5, 5.41) is 0. The van der Waals surface area contributed by atoms with Crippen molar-refractivity contribution in [1.82, 2.24) is 0 Å². The second kappa shape index (κ2) is 3.47. The lowest BCUT2D eigenvalue weighted by Gasteiger charge is -2.46. The van der Waals surface area contributed by atoms with E-state index in [4.69, 9.17) is 9.47 Å². The molecule has 0 N–H and O–H groups in total. The summed E-state index contributed by atoms with van der Waals surface area (Å²) in [6.07, 6.45) is 2.02. The van der Waals surface area contributed by atoms with Crippen LogP contribution in [0.1, 0.15) is 46.5 Å². The Morgan fingerprint density at radius 1 is 1.12 bits per heavy atom. The Morgan fingerprint density at radius 2 is 1.69 bits per heavy atom. The van der Waals surface area contributed by atoms with Crippen molar-refractivity contribution in [2.45, 2.75) is 52.2 Å². The van der Waals surface area contributed by atoms with Gasteiger partial charge in [0.05, 0.1) is 0 Å². The monoisotopic (exact) mass is 226 g/mol. The molecule has 0 unspecified atom stereocenters. The van der Waals surface area contributed by atoms with Crippen molar-refractivity contribution in [2.24, 2.45) is 11.3 Å². The molecule has 1 aliphatic carbocycles. The summed E-state index contributed by atoms with van der Waals surface area (Å²) in [5.41, 5.74) is 0.0373. The van der Waals surface area contributed by atoms with E-state index in [1.54, 1.807) is 0 Å². The highest BCUT2D eigenvalue weighted by Gasteiger charge is 2.51. The molecule has 1 saturated carbocycles. The Hall–Kier alpha value is -1.06. The van der Waals surface area contributed by atoms with Gasteiger partial charge in [0.2, 0.25) is 0 Å². The number of hydrogen-bond acceptors (Lipinski definition) is 4. The van der Waals surface area contributed by atoms with Crippen LogP contribution in [0.15, 0.2) is 0 Å². The number of carbonyl (C=O) groups is 2. The molecule has 90 valence electrons. The lowest BCUT2D eigenvalue weighted by atomic mass is 9.69. The number of esters is 2. The van der Waals surface area contributed by atoms with Crippen LogP contribution >= 0.6 is 0 Å². The van der Waals surface area contributed by atoms with Crippen molar-refractivity contribution >= 4 is 11.9 Å². The van der Waals surface area contributed by atoms with E-state index in [2.05, 4.69) is 20.8 Å². The molecular formula is C12H18O4. The van der Waals surface area contributed by atoms with Gasteiger partial charge in [-0.2, -0.15) is 0 Å².